The fourth-order valence-electron chi connectivity index (χ4n) is 2.76. The van der Waals surface area contributed by atoms with E-state index < -0.39 is 0 Å². The quantitative estimate of drug-likeness (QED) is 0.186. The van der Waals surface area contributed by atoms with Gasteiger partial charge in [0.1, 0.15) is 5.75 Å². The molecule has 0 bridgehead atoms. The minimum absolute atomic E-state index is 0.388. The number of aryl methyl sites for hydroxylation is 1. The van der Waals surface area contributed by atoms with Gasteiger partial charge in [0.25, 0.3) is 0 Å². The van der Waals surface area contributed by atoms with Crippen molar-refractivity contribution in [3.05, 3.63) is 42.5 Å². The summed E-state index contributed by atoms with van der Waals surface area (Å²) in [7, 11) is 0. The topological polar surface area (TPSA) is 26.3 Å². The molecule has 0 saturated heterocycles. The second-order valence-electron chi connectivity index (χ2n) is 6.16. The number of benzene rings is 1. The van der Waals surface area contributed by atoms with E-state index in [1.54, 1.807) is 0 Å². The summed E-state index contributed by atoms with van der Waals surface area (Å²) >= 11 is 0. The predicted octanol–water partition coefficient (Wildman–Crippen LogP) is 6.24. The zero-order chi connectivity index (χ0) is 16.8. The molecule has 0 fully saturated rings. The maximum Gasteiger partial charge on any atom is 0.335 e. The van der Waals surface area contributed by atoms with Crippen LogP contribution in [0.1, 0.15) is 76.7 Å². The highest BCUT2D eigenvalue weighted by Crippen LogP contribution is 2.21. The van der Waals surface area contributed by atoms with Crippen molar-refractivity contribution < 1.29 is 9.53 Å². The Bertz CT molecular complexity index is 451. The predicted molar refractivity (Wildman–Crippen MR) is 97.8 cm³/mol. The lowest BCUT2D eigenvalue weighted by Gasteiger charge is -2.08. The highest BCUT2D eigenvalue weighted by atomic mass is 16.5. The molecule has 1 rings (SSSR count). The van der Waals surface area contributed by atoms with Crippen LogP contribution in [0.3, 0.4) is 0 Å². The molecule has 1 aromatic carbocycles. The molecular formula is C21H32O2. The third kappa shape index (κ3) is 9.22. The van der Waals surface area contributed by atoms with Crippen molar-refractivity contribution in [2.75, 3.05) is 0 Å². The first-order valence-electron chi connectivity index (χ1n) is 9.20. The average Bonchev–Trinajstić information content (AvgIpc) is 2.57. The smallest absolute Gasteiger partial charge is 0.335 e. The van der Waals surface area contributed by atoms with E-state index in [1.165, 1.54) is 63.9 Å². The van der Waals surface area contributed by atoms with E-state index >= 15 is 0 Å². The molecule has 0 unspecified atom stereocenters. The Hall–Kier alpha value is -1.57. The molecule has 0 amide bonds. The standard InChI is InChI=1S/C21H32O2/c1-3-5-6-7-8-9-10-11-12-13-16-19-17-14-15-18-20(19)23-21(22)4-2/h4,14-15,17-18H,2-3,5-13,16H2,1H3. The molecule has 0 heterocycles. The van der Waals surface area contributed by atoms with Crippen LogP contribution in [-0.2, 0) is 11.2 Å². The maximum atomic E-state index is 11.3. The second kappa shape index (κ2) is 12.9. The van der Waals surface area contributed by atoms with Gasteiger partial charge >= 0.3 is 5.97 Å². The summed E-state index contributed by atoms with van der Waals surface area (Å²) in [5.41, 5.74) is 1.11. The molecule has 0 N–H and O–H groups in total. The molecule has 128 valence electrons. The number of carbonyl (C=O) groups is 1. The second-order valence-corrected chi connectivity index (χ2v) is 6.16. The van der Waals surface area contributed by atoms with Crippen molar-refractivity contribution in [3.63, 3.8) is 0 Å². The Labute approximate surface area is 141 Å². The Morgan fingerprint density at radius 1 is 0.957 bits per heavy atom. The van der Waals surface area contributed by atoms with E-state index in [1.807, 2.05) is 24.3 Å². The number of unbranched alkanes of at least 4 members (excludes halogenated alkanes) is 9. The first-order chi connectivity index (χ1) is 11.3. The van der Waals surface area contributed by atoms with Gasteiger partial charge in [0.2, 0.25) is 0 Å². The highest BCUT2D eigenvalue weighted by molar-refractivity contribution is 5.83. The molecule has 0 radical (unpaired) electrons. The number of rotatable bonds is 13. The van der Waals surface area contributed by atoms with Gasteiger partial charge in [-0.1, -0.05) is 89.5 Å². The van der Waals surface area contributed by atoms with Crippen LogP contribution in [0.15, 0.2) is 36.9 Å². The van der Waals surface area contributed by atoms with Gasteiger partial charge in [-0.2, -0.15) is 0 Å². The summed E-state index contributed by atoms with van der Waals surface area (Å²) < 4.78 is 5.28. The van der Waals surface area contributed by atoms with Gasteiger partial charge in [0.15, 0.2) is 0 Å². The minimum Gasteiger partial charge on any atom is -0.423 e. The summed E-state index contributed by atoms with van der Waals surface area (Å²) in [6.07, 6.45) is 15.5. The SMILES string of the molecule is C=CC(=O)Oc1ccccc1CCCCCCCCCCCC. The zero-order valence-electron chi connectivity index (χ0n) is 14.7. The van der Waals surface area contributed by atoms with E-state index in [9.17, 15) is 4.79 Å². The van der Waals surface area contributed by atoms with E-state index in [0.29, 0.717) is 5.75 Å². The van der Waals surface area contributed by atoms with Crippen molar-refractivity contribution in [2.24, 2.45) is 0 Å². The first-order valence-corrected chi connectivity index (χ1v) is 9.20. The number of hydrogen-bond donors (Lipinski definition) is 0. The van der Waals surface area contributed by atoms with E-state index in [2.05, 4.69) is 13.5 Å². The molecule has 2 nitrogen and oxygen atoms in total. The van der Waals surface area contributed by atoms with E-state index in [4.69, 9.17) is 4.74 Å². The molecule has 0 aromatic heterocycles. The number of ether oxygens (including phenoxy) is 1. The Balaban J connectivity index is 2.14. The molecule has 1 aromatic rings. The molecule has 0 aliphatic heterocycles. The van der Waals surface area contributed by atoms with Gasteiger partial charge in [0, 0.05) is 6.08 Å². The van der Waals surface area contributed by atoms with Crippen molar-refractivity contribution in [1.82, 2.24) is 0 Å². The third-order valence-electron chi connectivity index (χ3n) is 4.15. The van der Waals surface area contributed by atoms with Crippen LogP contribution in [0, 0.1) is 0 Å². The van der Waals surface area contributed by atoms with Gasteiger partial charge in [-0.25, -0.2) is 4.79 Å². The normalized spacial score (nSPS) is 10.5. The van der Waals surface area contributed by atoms with Gasteiger partial charge in [-0.15, -0.1) is 0 Å². The maximum absolute atomic E-state index is 11.3. The molecule has 0 aliphatic carbocycles. The van der Waals surface area contributed by atoms with Crippen molar-refractivity contribution >= 4 is 5.97 Å². The average molecular weight is 316 g/mol. The number of hydrogen-bond acceptors (Lipinski definition) is 2. The summed E-state index contributed by atoms with van der Waals surface area (Å²) in [6, 6.07) is 7.79. The fraction of sp³-hybridized carbons (Fsp3) is 0.571. The Morgan fingerprint density at radius 3 is 2.13 bits per heavy atom. The van der Waals surface area contributed by atoms with Gasteiger partial charge in [-0.05, 0) is 24.5 Å². The zero-order valence-corrected chi connectivity index (χ0v) is 14.7. The van der Waals surface area contributed by atoms with Gasteiger partial charge < -0.3 is 4.74 Å². The van der Waals surface area contributed by atoms with Crippen LogP contribution in [-0.4, -0.2) is 5.97 Å². The van der Waals surface area contributed by atoms with Crippen molar-refractivity contribution in [3.8, 4) is 5.75 Å². The fourth-order valence-corrected chi connectivity index (χ4v) is 2.76. The van der Waals surface area contributed by atoms with E-state index in [-0.39, 0.29) is 5.97 Å². The molecule has 0 spiro atoms. The monoisotopic (exact) mass is 316 g/mol. The first kappa shape index (κ1) is 19.5. The van der Waals surface area contributed by atoms with E-state index in [0.717, 1.165) is 18.4 Å². The Morgan fingerprint density at radius 2 is 1.52 bits per heavy atom. The van der Waals surface area contributed by atoms with Crippen LogP contribution < -0.4 is 4.74 Å². The summed E-state index contributed by atoms with van der Waals surface area (Å²) in [5, 5.41) is 0. The van der Waals surface area contributed by atoms with Crippen LogP contribution in [0.2, 0.25) is 0 Å². The molecule has 23 heavy (non-hydrogen) atoms. The van der Waals surface area contributed by atoms with Gasteiger partial charge in [0.05, 0.1) is 0 Å². The molecule has 2 heteroatoms. The lowest BCUT2D eigenvalue weighted by Crippen LogP contribution is -2.05. The van der Waals surface area contributed by atoms with Crippen LogP contribution in [0.25, 0.3) is 0 Å². The van der Waals surface area contributed by atoms with Crippen molar-refractivity contribution in [2.45, 2.75) is 77.6 Å². The molecule has 0 atom stereocenters. The van der Waals surface area contributed by atoms with Crippen LogP contribution >= 0.6 is 0 Å². The number of esters is 1. The third-order valence-corrected chi connectivity index (χ3v) is 4.15. The van der Waals surface area contributed by atoms with Crippen LogP contribution in [0.5, 0.6) is 5.75 Å². The summed E-state index contributed by atoms with van der Waals surface area (Å²) in [6.45, 7) is 5.70. The lowest BCUT2D eigenvalue weighted by atomic mass is 10.0. The summed E-state index contributed by atoms with van der Waals surface area (Å²) in [5.74, 6) is 0.286. The lowest BCUT2D eigenvalue weighted by molar-refractivity contribution is -0.129. The van der Waals surface area contributed by atoms with Crippen molar-refractivity contribution in [1.29, 1.82) is 0 Å². The minimum atomic E-state index is -0.388. The molecule has 0 saturated carbocycles. The van der Waals surface area contributed by atoms with Crippen LogP contribution in [0.4, 0.5) is 0 Å². The van der Waals surface area contributed by atoms with Gasteiger partial charge in [-0.3, -0.25) is 0 Å². The summed E-state index contributed by atoms with van der Waals surface area (Å²) in [4.78, 5) is 11.3. The largest absolute Gasteiger partial charge is 0.423 e. The molecular weight excluding hydrogens is 284 g/mol. The number of carbonyl (C=O) groups excluding carboxylic acids is 1. The Kier molecular flexibility index (Phi) is 10.9. The highest BCUT2D eigenvalue weighted by Gasteiger charge is 2.05. The number of para-hydroxylation sites is 1. The molecule has 0 aliphatic rings.